The van der Waals surface area contributed by atoms with Crippen LogP contribution in [0.5, 0.6) is 5.75 Å². The summed E-state index contributed by atoms with van der Waals surface area (Å²) < 4.78 is 80.0. The van der Waals surface area contributed by atoms with E-state index in [1.165, 1.54) is 50.4 Å². The van der Waals surface area contributed by atoms with Gasteiger partial charge in [0.1, 0.15) is 22.7 Å². The lowest BCUT2D eigenvalue weighted by Gasteiger charge is -2.06. The Kier molecular flexibility index (Phi) is 9.23. The van der Waals surface area contributed by atoms with Crippen molar-refractivity contribution >= 4 is 69.1 Å². The summed E-state index contributed by atoms with van der Waals surface area (Å²) in [6.07, 6.45) is 0. The molecule has 236 valence electrons. The Hall–Kier alpha value is -4.30. The molecule has 0 amide bonds. The van der Waals surface area contributed by atoms with Crippen LogP contribution in [0.4, 0.5) is 4.39 Å². The highest BCUT2D eigenvalue weighted by Crippen LogP contribution is 2.27. The lowest BCUT2D eigenvalue weighted by atomic mass is 10.2. The Labute approximate surface area is 274 Å². The average molecular weight is 748 g/mol. The predicted molar refractivity (Wildman–Crippen MR) is 173 cm³/mol. The Morgan fingerprint density at radius 1 is 0.717 bits per heavy atom. The number of aryl methyl sites for hydroxylation is 1. The van der Waals surface area contributed by atoms with E-state index in [4.69, 9.17) is 25.2 Å². The monoisotopic (exact) mass is 746 g/mol. The summed E-state index contributed by atoms with van der Waals surface area (Å²) in [5.74, 6) is 0.0101. The van der Waals surface area contributed by atoms with Crippen LogP contribution in [-0.2, 0) is 19.7 Å². The fourth-order valence-electron chi connectivity index (χ4n) is 4.33. The molecule has 9 nitrogen and oxygen atoms in total. The molecular weight excluding hydrogens is 727 g/mol. The maximum absolute atomic E-state index is 13.3. The lowest BCUT2D eigenvalue weighted by Crippen LogP contribution is -2.14. The van der Waals surface area contributed by atoms with E-state index in [1.54, 1.807) is 42.5 Å². The minimum atomic E-state index is -4.10. The molecule has 0 radical (unpaired) electrons. The van der Waals surface area contributed by atoms with Crippen LogP contribution in [0.2, 0.25) is 5.02 Å². The Morgan fingerprint density at radius 3 is 1.85 bits per heavy atom. The molecule has 0 unspecified atom stereocenters. The second kappa shape index (κ2) is 12.8. The van der Waals surface area contributed by atoms with Crippen molar-refractivity contribution in [1.82, 2.24) is 0 Å². The van der Waals surface area contributed by atoms with Gasteiger partial charge in [0.2, 0.25) is 19.7 Å². The molecule has 0 fully saturated rings. The van der Waals surface area contributed by atoms with E-state index in [2.05, 4.69) is 15.9 Å². The quantitative estimate of drug-likeness (QED) is 0.133. The molecule has 6 rings (SSSR count). The van der Waals surface area contributed by atoms with Gasteiger partial charge in [-0.25, -0.2) is 30.8 Å². The van der Waals surface area contributed by atoms with Gasteiger partial charge in [-0.05, 0) is 97.4 Å². The van der Waals surface area contributed by atoms with Gasteiger partial charge in [0.05, 0.1) is 16.9 Å². The molecule has 46 heavy (non-hydrogen) atoms. The standard InChI is InChI=1S/C16H10BrFO4S.C16H11ClO5S/c1-9-6-12(3-4-13(9)18)23(20,21)15-8-10-7-11(17)2-5-14(10)22-16(15)19;1-21-12-5-6-14-10(7-12)8-15(16(18)22-14)23(19,20)13-4-2-3-11(17)9-13/h2-8H,1H3;2-9H,1H3. The molecule has 0 aliphatic carbocycles. The summed E-state index contributed by atoms with van der Waals surface area (Å²) in [6, 6.07) is 21.3. The molecule has 0 aliphatic rings. The van der Waals surface area contributed by atoms with E-state index in [9.17, 15) is 30.8 Å². The van der Waals surface area contributed by atoms with Crippen LogP contribution in [0, 0.1) is 12.7 Å². The van der Waals surface area contributed by atoms with Crippen LogP contribution < -0.4 is 16.0 Å². The van der Waals surface area contributed by atoms with Crippen molar-refractivity contribution in [2.75, 3.05) is 7.11 Å². The van der Waals surface area contributed by atoms with Crippen molar-refractivity contribution in [1.29, 1.82) is 0 Å². The molecule has 4 aromatic carbocycles. The number of methoxy groups -OCH3 is 1. The molecule has 14 heteroatoms. The van der Waals surface area contributed by atoms with Crippen LogP contribution in [0.25, 0.3) is 21.9 Å². The number of fused-ring (bicyclic) bond motifs is 2. The van der Waals surface area contributed by atoms with Crippen LogP contribution in [0.1, 0.15) is 5.56 Å². The molecule has 2 heterocycles. The first-order chi connectivity index (χ1) is 21.7. The number of rotatable bonds is 5. The molecular formula is C32H21BrClFO9S2. The summed E-state index contributed by atoms with van der Waals surface area (Å²) >= 11 is 9.11. The zero-order valence-corrected chi connectivity index (χ0v) is 27.8. The maximum Gasteiger partial charge on any atom is 0.355 e. The van der Waals surface area contributed by atoms with Gasteiger partial charge in [-0.1, -0.05) is 33.6 Å². The molecule has 0 N–H and O–H groups in total. The van der Waals surface area contributed by atoms with Gasteiger partial charge in [-0.2, -0.15) is 0 Å². The van der Waals surface area contributed by atoms with Crippen LogP contribution in [0.3, 0.4) is 0 Å². The maximum atomic E-state index is 13.3. The second-order valence-electron chi connectivity index (χ2n) is 9.76. The number of hydrogen-bond donors (Lipinski definition) is 0. The van der Waals surface area contributed by atoms with Gasteiger partial charge in [0.25, 0.3) is 0 Å². The van der Waals surface area contributed by atoms with Crippen molar-refractivity contribution < 1.29 is 34.8 Å². The SMILES string of the molecule is COc1ccc2oc(=O)c(S(=O)(=O)c3cccc(Cl)c3)cc2c1.Cc1cc(S(=O)(=O)c2cc3cc(Br)ccc3oc2=O)ccc1F. The zero-order valence-electron chi connectivity index (χ0n) is 23.8. The van der Waals surface area contributed by atoms with Gasteiger partial charge in [0, 0.05) is 20.3 Å². The van der Waals surface area contributed by atoms with Gasteiger partial charge in [-0.3, -0.25) is 0 Å². The molecule has 0 atom stereocenters. The number of sulfone groups is 2. The molecule has 0 saturated carbocycles. The third kappa shape index (κ3) is 6.63. The lowest BCUT2D eigenvalue weighted by molar-refractivity contribution is 0.415. The van der Waals surface area contributed by atoms with Crippen molar-refractivity contribution in [2.45, 2.75) is 26.5 Å². The van der Waals surface area contributed by atoms with Crippen LogP contribution in [0.15, 0.2) is 133 Å². The highest BCUT2D eigenvalue weighted by Gasteiger charge is 2.25. The molecule has 2 aromatic heterocycles. The third-order valence-electron chi connectivity index (χ3n) is 6.69. The van der Waals surface area contributed by atoms with E-state index < -0.39 is 46.5 Å². The Bertz CT molecular complexity index is 2490. The fourth-order valence-corrected chi connectivity index (χ4v) is 7.68. The third-order valence-corrected chi connectivity index (χ3v) is 10.9. The minimum Gasteiger partial charge on any atom is -0.497 e. The number of hydrogen-bond acceptors (Lipinski definition) is 9. The number of benzene rings is 4. The van der Waals surface area contributed by atoms with Crippen molar-refractivity contribution in [3.8, 4) is 5.75 Å². The number of halogens is 3. The first-order valence-electron chi connectivity index (χ1n) is 13.1. The normalized spacial score (nSPS) is 11.7. The molecule has 0 spiro atoms. The first-order valence-corrected chi connectivity index (χ1v) is 17.2. The smallest absolute Gasteiger partial charge is 0.355 e. The zero-order chi connectivity index (χ0) is 33.4. The highest BCUT2D eigenvalue weighted by atomic mass is 79.9. The van der Waals surface area contributed by atoms with Crippen molar-refractivity contribution in [2.24, 2.45) is 0 Å². The summed E-state index contributed by atoms with van der Waals surface area (Å²) in [6.45, 7) is 1.45. The molecule has 0 aliphatic heterocycles. The first kappa shape index (κ1) is 33.1. The summed E-state index contributed by atoms with van der Waals surface area (Å²) in [5, 5.41) is 1.18. The molecule has 0 saturated heterocycles. The molecule has 6 aromatic rings. The van der Waals surface area contributed by atoms with Crippen molar-refractivity contribution in [3.63, 3.8) is 0 Å². The molecule has 0 bridgehead atoms. The highest BCUT2D eigenvalue weighted by molar-refractivity contribution is 9.10. The summed E-state index contributed by atoms with van der Waals surface area (Å²) in [4.78, 5) is 23.0. The largest absolute Gasteiger partial charge is 0.497 e. The van der Waals surface area contributed by atoms with E-state index >= 15 is 0 Å². The van der Waals surface area contributed by atoms with Gasteiger partial charge >= 0.3 is 11.3 Å². The van der Waals surface area contributed by atoms with Gasteiger partial charge in [-0.15, -0.1) is 0 Å². The van der Waals surface area contributed by atoms with E-state index in [0.717, 1.165) is 16.6 Å². The van der Waals surface area contributed by atoms with Crippen molar-refractivity contribution in [3.05, 3.63) is 133 Å². The summed E-state index contributed by atoms with van der Waals surface area (Å²) in [7, 11) is -6.65. The Morgan fingerprint density at radius 2 is 1.28 bits per heavy atom. The van der Waals surface area contributed by atoms with Gasteiger partial charge in [0.15, 0.2) is 9.79 Å². The summed E-state index contributed by atoms with van der Waals surface area (Å²) in [5.41, 5.74) is -1.14. The van der Waals surface area contributed by atoms with E-state index in [0.29, 0.717) is 16.5 Å². The number of ether oxygens (including phenoxy) is 1. The van der Waals surface area contributed by atoms with E-state index in [1.807, 2.05) is 0 Å². The van der Waals surface area contributed by atoms with Crippen LogP contribution in [-0.4, -0.2) is 23.9 Å². The average Bonchev–Trinajstić information content (AvgIpc) is 3.01. The fraction of sp³-hybridized carbons (Fsp3) is 0.0625. The Balaban J connectivity index is 0.000000181. The predicted octanol–water partition coefficient (Wildman–Crippen LogP) is 7.12. The topological polar surface area (TPSA) is 138 Å². The minimum absolute atomic E-state index is 0.0699. The van der Waals surface area contributed by atoms with Crippen LogP contribution >= 0.6 is 27.5 Å². The van der Waals surface area contributed by atoms with Gasteiger partial charge < -0.3 is 13.6 Å². The second-order valence-corrected chi connectivity index (χ2v) is 14.9. The van der Waals surface area contributed by atoms with E-state index in [-0.39, 0.29) is 31.5 Å².